The average Bonchev–Trinajstić information content (AvgIpc) is 1.98. The fourth-order valence-electron chi connectivity index (χ4n) is 1.51. The molecule has 0 N–H and O–H groups in total. The minimum atomic E-state index is 0.145. The van der Waals surface area contributed by atoms with Crippen LogP contribution in [0.25, 0.3) is 0 Å². The van der Waals surface area contributed by atoms with Gasteiger partial charge in [-0.1, -0.05) is 0 Å². The fourth-order valence-corrected chi connectivity index (χ4v) is 3.32. The zero-order valence-corrected chi connectivity index (χ0v) is 10.9. The maximum atomic E-state index is 5.83. The molecule has 0 spiro atoms. The summed E-state index contributed by atoms with van der Waals surface area (Å²) in [5.74, 6) is 0.731. The van der Waals surface area contributed by atoms with E-state index in [0.717, 1.165) is 21.6 Å². The zero-order chi connectivity index (χ0) is 9.68. The van der Waals surface area contributed by atoms with Crippen molar-refractivity contribution in [2.24, 2.45) is 5.92 Å². The average molecular weight is 299 g/mol. The SMILES string of the molecule is CC(C)CC1CC(C)OC[I-]CO1. The van der Waals surface area contributed by atoms with Crippen LogP contribution in [0.5, 0.6) is 0 Å². The molecule has 1 heterocycles. The number of hydrogen-bond donors (Lipinski definition) is 0. The summed E-state index contributed by atoms with van der Waals surface area (Å²) in [5.41, 5.74) is 0. The van der Waals surface area contributed by atoms with Crippen LogP contribution in [0, 0.1) is 5.92 Å². The Balaban J connectivity index is 2.32. The van der Waals surface area contributed by atoms with E-state index in [9.17, 15) is 0 Å². The number of halogens is 1. The molecule has 2 nitrogen and oxygen atoms in total. The standard InChI is InChI=1S/C10H20IO2/c1-8(2)4-10-5-9(3)12-6-11-7-13-10/h8-10H,4-7H2,1-3H3/q-1. The predicted octanol–water partition coefficient (Wildman–Crippen LogP) is -0.769. The van der Waals surface area contributed by atoms with Crippen LogP contribution in [-0.4, -0.2) is 21.4 Å². The van der Waals surface area contributed by atoms with Gasteiger partial charge in [0.15, 0.2) is 0 Å². The summed E-state index contributed by atoms with van der Waals surface area (Å²) >= 11 is 0.145. The van der Waals surface area contributed by atoms with Crippen molar-refractivity contribution in [2.45, 2.75) is 45.8 Å². The van der Waals surface area contributed by atoms with Crippen LogP contribution >= 0.6 is 0 Å². The number of hydrogen-bond acceptors (Lipinski definition) is 2. The topological polar surface area (TPSA) is 18.5 Å². The van der Waals surface area contributed by atoms with E-state index in [1.807, 2.05) is 0 Å². The van der Waals surface area contributed by atoms with Crippen molar-refractivity contribution in [3.05, 3.63) is 0 Å². The van der Waals surface area contributed by atoms with E-state index in [4.69, 9.17) is 9.47 Å². The molecule has 2 atom stereocenters. The molecule has 1 fully saturated rings. The molecule has 13 heavy (non-hydrogen) atoms. The first-order valence-corrected chi connectivity index (χ1v) is 8.00. The Morgan fingerprint density at radius 3 is 2.69 bits per heavy atom. The molecule has 2 unspecified atom stereocenters. The molecule has 1 rings (SSSR count). The van der Waals surface area contributed by atoms with E-state index in [2.05, 4.69) is 20.8 Å². The van der Waals surface area contributed by atoms with E-state index in [0.29, 0.717) is 12.2 Å². The van der Waals surface area contributed by atoms with Gasteiger partial charge in [0.1, 0.15) is 0 Å². The number of ether oxygens (including phenoxy) is 2. The van der Waals surface area contributed by atoms with Crippen molar-refractivity contribution in [3.63, 3.8) is 0 Å². The third kappa shape index (κ3) is 5.18. The van der Waals surface area contributed by atoms with Crippen molar-refractivity contribution >= 4 is 0 Å². The van der Waals surface area contributed by atoms with Gasteiger partial charge in [0.05, 0.1) is 0 Å². The predicted molar refractivity (Wildman–Crippen MR) is 49.2 cm³/mol. The van der Waals surface area contributed by atoms with Crippen LogP contribution in [0.3, 0.4) is 0 Å². The Kier molecular flexibility index (Phi) is 5.58. The Morgan fingerprint density at radius 2 is 2.00 bits per heavy atom. The summed E-state index contributed by atoms with van der Waals surface area (Å²) in [4.78, 5) is 0. The third-order valence-corrected chi connectivity index (χ3v) is 3.73. The van der Waals surface area contributed by atoms with Crippen LogP contribution in [0.4, 0.5) is 0 Å². The van der Waals surface area contributed by atoms with Crippen molar-refractivity contribution in [2.75, 3.05) is 9.23 Å². The van der Waals surface area contributed by atoms with E-state index in [1.165, 1.54) is 6.42 Å². The van der Waals surface area contributed by atoms with E-state index in [1.54, 1.807) is 0 Å². The Labute approximate surface area is 91.6 Å². The second kappa shape index (κ2) is 6.19. The second-order valence-corrected chi connectivity index (χ2v) is 6.36. The van der Waals surface area contributed by atoms with Gasteiger partial charge in [-0.15, -0.1) is 0 Å². The summed E-state index contributed by atoms with van der Waals surface area (Å²) in [7, 11) is 0. The molecule has 3 heteroatoms. The zero-order valence-electron chi connectivity index (χ0n) is 8.75. The van der Waals surface area contributed by atoms with Gasteiger partial charge in [0.2, 0.25) is 0 Å². The van der Waals surface area contributed by atoms with Gasteiger partial charge in [-0.25, -0.2) is 0 Å². The summed E-state index contributed by atoms with van der Waals surface area (Å²) in [6.45, 7) is 6.66. The van der Waals surface area contributed by atoms with E-state index < -0.39 is 0 Å². The fraction of sp³-hybridized carbons (Fsp3) is 1.00. The first-order chi connectivity index (χ1) is 6.18. The molecular weight excluding hydrogens is 279 g/mol. The van der Waals surface area contributed by atoms with Crippen molar-refractivity contribution in [3.8, 4) is 0 Å². The molecule has 1 saturated heterocycles. The molecule has 0 amide bonds. The molecule has 0 aromatic rings. The van der Waals surface area contributed by atoms with Gasteiger partial charge >= 0.3 is 91.6 Å². The van der Waals surface area contributed by atoms with Gasteiger partial charge in [-0.2, -0.15) is 0 Å². The molecule has 1 aliphatic heterocycles. The molecule has 0 bridgehead atoms. The molecule has 0 saturated carbocycles. The molecule has 0 aliphatic carbocycles. The molecule has 80 valence electrons. The first kappa shape index (κ1) is 11.7. The normalized spacial score (nSPS) is 32.0. The summed E-state index contributed by atoms with van der Waals surface area (Å²) in [6, 6.07) is 0. The Morgan fingerprint density at radius 1 is 1.31 bits per heavy atom. The van der Waals surface area contributed by atoms with Crippen molar-refractivity contribution < 1.29 is 30.7 Å². The number of rotatable bonds is 2. The van der Waals surface area contributed by atoms with Crippen LogP contribution in [0.15, 0.2) is 0 Å². The van der Waals surface area contributed by atoms with Crippen LogP contribution in [0.1, 0.15) is 33.6 Å². The second-order valence-electron chi connectivity index (χ2n) is 4.04. The van der Waals surface area contributed by atoms with E-state index in [-0.39, 0.29) is 21.2 Å². The van der Waals surface area contributed by atoms with Crippen LogP contribution < -0.4 is 21.2 Å². The van der Waals surface area contributed by atoms with Gasteiger partial charge in [-0.3, -0.25) is 0 Å². The van der Waals surface area contributed by atoms with Gasteiger partial charge in [0.25, 0.3) is 0 Å². The molecule has 0 aromatic heterocycles. The Bertz CT molecular complexity index is 139. The third-order valence-electron chi connectivity index (χ3n) is 2.13. The summed E-state index contributed by atoms with van der Waals surface area (Å²) in [6.07, 6.45) is 3.08. The quantitative estimate of drug-likeness (QED) is 0.492. The Hall–Kier alpha value is 0.650. The molecule has 0 radical (unpaired) electrons. The van der Waals surface area contributed by atoms with Gasteiger partial charge in [0, 0.05) is 0 Å². The van der Waals surface area contributed by atoms with Crippen molar-refractivity contribution in [1.29, 1.82) is 0 Å². The van der Waals surface area contributed by atoms with Gasteiger partial charge < -0.3 is 0 Å². The maximum absolute atomic E-state index is 5.83. The summed E-state index contributed by atoms with van der Waals surface area (Å²) in [5, 5.41) is 0. The van der Waals surface area contributed by atoms with Crippen LogP contribution in [0.2, 0.25) is 0 Å². The first-order valence-electron chi connectivity index (χ1n) is 4.95. The molecular formula is C10H20IO2-. The minimum absolute atomic E-state index is 0.145. The molecule has 1 aliphatic rings. The molecule has 0 aromatic carbocycles. The summed E-state index contributed by atoms with van der Waals surface area (Å²) < 4.78 is 13.4. The van der Waals surface area contributed by atoms with Gasteiger partial charge in [-0.05, 0) is 0 Å². The van der Waals surface area contributed by atoms with Crippen LogP contribution in [-0.2, 0) is 9.47 Å². The monoisotopic (exact) mass is 299 g/mol. The number of alkyl halides is 2. The van der Waals surface area contributed by atoms with E-state index >= 15 is 0 Å². The van der Waals surface area contributed by atoms with Crippen molar-refractivity contribution in [1.82, 2.24) is 0 Å².